The fourth-order valence-corrected chi connectivity index (χ4v) is 3.57. The van der Waals surface area contributed by atoms with Crippen LogP contribution in [0.1, 0.15) is 17.3 Å². The van der Waals surface area contributed by atoms with Crippen molar-refractivity contribution in [2.75, 3.05) is 11.9 Å². The summed E-state index contributed by atoms with van der Waals surface area (Å²) in [5.41, 5.74) is 3.71. The lowest BCUT2D eigenvalue weighted by molar-refractivity contribution is 0.102. The number of imidazole rings is 1. The molecule has 0 saturated carbocycles. The highest BCUT2D eigenvalue weighted by Gasteiger charge is 2.17. The molecule has 0 aliphatic rings. The molecular formula is C22H17Cl2N3O2. The Balaban J connectivity index is 1.57. The van der Waals surface area contributed by atoms with Crippen molar-refractivity contribution in [3.05, 3.63) is 76.3 Å². The van der Waals surface area contributed by atoms with Crippen molar-refractivity contribution in [3.8, 4) is 17.1 Å². The summed E-state index contributed by atoms with van der Waals surface area (Å²) in [7, 11) is 0. The van der Waals surface area contributed by atoms with Crippen LogP contribution in [0, 0.1) is 0 Å². The molecule has 2 N–H and O–H groups in total. The number of hydrogen-bond donors (Lipinski definition) is 2. The minimum absolute atomic E-state index is 0.283. The van der Waals surface area contributed by atoms with E-state index in [-0.39, 0.29) is 11.5 Å². The number of benzene rings is 3. The number of carbonyl (C=O) groups is 1. The fourth-order valence-electron chi connectivity index (χ4n) is 3.02. The molecule has 0 spiro atoms. The number of para-hydroxylation sites is 2. The molecule has 5 nitrogen and oxygen atoms in total. The van der Waals surface area contributed by atoms with E-state index in [1.807, 2.05) is 55.5 Å². The van der Waals surface area contributed by atoms with E-state index in [1.54, 1.807) is 6.07 Å². The average molecular weight is 426 g/mol. The first-order valence-corrected chi connectivity index (χ1v) is 9.79. The Morgan fingerprint density at radius 3 is 2.59 bits per heavy atom. The third kappa shape index (κ3) is 4.06. The van der Waals surface area contributed by atoms with Gasteiger partial charge in [-0.1, -0.05) is 35.3 Å². The zero-order valence-electron chi connectivity index (χ0n) is 15.5. The number of rotatable bonds is 5. The number of hydrogen-bond acceptors (Lipinski definition) is 3. The second-order valence-corrected chi connectivity index (χ2v) is 7.17. The summed E-state index contributed by atoms with van der Waals surface area (Å²) in [4.78, 5) is 20.6. The summed E-state index contributed by atoms with van der Waals surface area (Å²) in [5, 5.41) is 3.51. The molecule has 1 aromatic heterocycles. The highest BCUT2D eigenvalue weighted by molar-refractivity contribution is 6.36. The molecule has 0 saturated heterocycles. The van der Waals surface area contributed by atoms with Crippen molar-refractivity contribution in [1.82, 2.24) is 9.97 Å². The van der Waals surface area contributed by atoms with Crippen molar-refractivity contribution < 1.29 is 9.53 Å². The number of anilines is 1. The van der Waals surface area contributed by atoms with Gasteiger partial charge in [-0.2, -0.15) is 0 Å². The van der Waals surface area contributed by atoms with E-state index in [9.17, 15) is 4.79 Å². The molecule has 0 aliphatic carbocycles. The zero-order chi connectivity index (χ0) is 20.4. The van der Waals surface area contributed by atoms with Gasteiger partial charge in [0.2, 0.25) is 0 Å². The molecule has 1 amide bonds. The molecule has 29 heavy (non-hydrogen) atoms. The number of aromatic amines is 1. The molecular weight excluding hydrogens is 409 g/mol. The molecule has 4 aromatic rings. The van der Waals surface area contributed by atoms with Gasteiger partial charge in [0.05, 0.1) is 28.2 Å². The number of carbonyl (C=O) groups excluding carboxylic acids is 1. The van der Waals surface area contributed by atoms with Gasteiger partial charge in [-0.25, -0.2) is 4.98 Å². The maximum Gasteiger partial charge on any atom is 0.259 e. The van der Waals surface area contributed by atoms with E-state index in [0.29, 0.717) is 28.1 Å². The Hall–Kier alpha value is -3.02. The first-order chi connectivity index (χ1) is 14.0. The lowest BCUT2D eigenvalue weighted by atomic mass is 10.1. The third-order valence-electron chi connectivity index (χ3n) is 4.35. The van der Waals surface area contributed by atoms with Crippen LogP contribution in [0.25, 0.3) is 22.4 Å². The quantitative estimate of drug-likeness (QED) is 0.400. The molecule has 0 radical (unpaired) electrons. The standard InChI is InChI=1S/C22H17Cl2N3O2/c1-2-29-20-16(11-14(23)12-17(20)24)22(28)25-15-9-7-13(8-10-15)21-26-18-5-3-4-6-19(18)27-21/h3-12H,2H2,1H3,(H,25,28)(H,26,27). The molecule has 4 rings (SSSR count). The van der Waals surface area contributed by atoms with E-state index < -0.39 is 0 Å². The van der Waals surface area contributed by atoms with Crippen LogP contribution in [0.3, 0.4) is 0 Å². The predicted molar refractivity (Wildman–Crippen MR) is 117 cm³/mol. The minimum atomic E-state index is -0.352. The first kappa shape index (κ1) is 19.3. The van der Waals surface area contributed by atoms with Crippen LogP contribution in [0.2, 0.25) is 10.0 Å². The third-order valence-corrected chi connectivity index (χ3v) is 4.85. The SMILES string of the molecule is CCOc1c(Cl)cc(Cl)cc1C(=O)Nc1ccc(-c2nc3ccccc3[nH]2)cc1. The normalized spacial score (nSPS) is 10.9. The van der Waals surface area contributed by atoms with Crippen LogP contribution < -0.4 is 10.1 Å². The zero-order valence-corrected chi connectivity index (χ0v) is 17.0. The van der Waals surface area contributed by atoms with Gasteiger partial charge >= 0.3 is 0 Å². The van der Waals surface area contributed by atoms with E-state index in [0.717, 1.165) is 22.4 Å². The van der Waals surface area contributed by atoms with Crippen molar-refractivity contribution >= 4 is 45.8 Å². The fraction of sp³-hybridized carbons (Fsp3) is 0.0909. The molecule has 0 bridgehead atoms. The topological polar surface area (TPSA) is 67.0 Å². The van der Waals surface area contributed by atoms with Crippen LogP contribution >= 0.6 is 23.2 Å². The highest BCUT2D eigenvalue weighted by atomic mass is 35.5. The van der Waals surface area contributed by atoms with E-state index in [2.05, 4.69) is 15.3 Å². The Labute approximate surface area is 177 Å². The number of halogens is 2. The maximum atomic E-state index is 12.8. The smallest absolute Gasteiger partial charge is 0.259 e. The number of nitrogens with one attached hydrogen (secondary N) is 2. The van der Waals surface area contributed by atoms with Crippen molar-refractivity contribution in [3.63, 3.8) is 0 Å². The van der Waals surface area contributed by atoms with Crippen molar-refractivity contribution in [1.29, 1.82) is 0 Å². The number of ether oxygens (including phenoxy) is 1. The second kappa shape index (κ2) is 8.15. The van der Waals surface area contributed by atoms with Crippen LogP contribution in [-0.2, 0) is 0 Å². The minimum Gasteiger partial charge on any atom is -0.491 e. The van der Waals surface area contributed by atoms with Crippen molar-refractivity contribution in [2.24, 2.45) is 0 Å². The van der Waals surface area contributed by atoms with Crippen LogP contribution in [-0.4, -0.2) is 22.5 Å². The molecule has 0 aliphatic heterocycles. The lowest BCUT2D eigenvalue weighted by Crippen LogP contribution is -2.14. The molecule has 0 atom stereocenters. The first-order valence-electron chi connectivity index (χ1n) is 9.03. The van der Waals surface area contributed by atoms with E-state index in [4.69, 9.17) is 27.9 Å². The Morgan fingerprint density at radius 1 is 1.10 bits per heavy atom. The predicted octanol–water partition coefficient (Wildman–Crippen LogP) is 6.19. The second-order valence-electron chi connectivity index (χ2n) is 6.33. The largest absolute Gasteiger partial charge is 0.491 e. The van der Waals surface area contributed by atoms with Gasteiger partial charge in [0.25, 0.3) is 5.91 Å². The number of nitrogens with zero attached hydrogens (tertiary/aromatic N) is 1. The molecule has 0 unspecified atom stereocenters. The summed E-state index contributed by atoms with van der Waals surface area (Å²) >= 11 is 12.2. The Bertz CT molecular complexity index is 1150. The summed E-state index contributed by atoms with van der Waals surface area (Å²) in [6, 6.07) is 18.3. The molecule has 146 valence electrons. The van der Waals surface area contributed by atoms with Gasteiger partial charge in [-0.3, -0.25) is 4.79 Å². The van der Waals surface area contributed by atoms with Crippen molar-refractivity contribution in [2.45, 2.75) is 6.92 Å². The molecule has 0 fully saturated rings. The van der Waals surface area contributed by atoms with Gasteiger partial charge in [0, 0.05) is 16.3 Å². The summed E-state index contributed by atoms with van der Waals surface area (Å²) in [6.07, 6.45) is 0. The van der Waals surface area contributed by atoms with E-state index in [1.165, 1.54) is 6.07 Å². The van der Waals surface area contributed by atoms with Crippen LogP contribution in [0.4, 0.5) is 5.69 Å². The maximum absolute atomic E-state index is 12.8. The number of fused-ring (bicyclic) bond motifs is 1. The van der Waals surface area contributed by atoms with Crippen LogP contribution in [0.5, 0.6) is 5.75 Å². The average Bonchev–Trinajstić information content (AvgIpc) is 3.14. The molecule has 7 heteroatoms. The molecule has 3 aromatic carbocycles. The number of H-pyrrole nitrogens is 1. The highest BCUT2D eigenvalue weighted by Crippen LogP contribution is 2.33. The Kier molecular flexibility index (Phi) is 5.43. The number of aromatic nitrogens is 2. The number of amides is 1. The van der Waals surface area contributed by atoms with Crippen LogP contribution in [0.15, 0.2) is 60.7 Å². The van der Waals surface area contributed by atoms with Gasteiger partial charge in [0.1, 0.15) is 5.82 Å². The summed E-state index contributed by atoms with van der Waals surface area (Å²) in [5.74, 6) is 0.730. The summed E-state index contributed by atoms with van der Waals surface area (Å²) in [6.45, 7) is 2.21. The van der Waals surface area contributed by atoms with Gasteiger partial charge < -0.3 is 15.0 Å². The molecule has 1 heterocycles. The van der Waals surface area contributed by atoms with Gasteiger partial charge in [-0.15, -0.1) is 0 Å². The van der Waals surface area contributed by atoms with Gasteiger partial charge in [0.15, 0.2) is 5.75 Å². The van der Waals surface area contributed by atoms with Gasteiger partial charge in [-0.05, 0) is 55.5 Å². The monoisotopic (exact) mass is 425 g/mol. The van der Waals surface area contributed by atoms with E-state index >= 15 is 0 Å². The lowest BCUT2D eigenvalue weighted by Gasteiger charge is -2.13. The summed E-state index contributed by atoms with van der Waals surface area (Å²) < 4.78 is 5.52. The Morgan fingerprint density at radius 2 is 1.86 bits per heavy atom.